The average Bonchev–Trinajstić information content (AvgIpc) is 2.78. The van der Waals surface area contributed by atoms with Crippen LogP contribution in [0.15, 0.2) is 42.5 Å². The first kappa shape index (κ1) is 28.5. The summed E-state index contributed by atoms with van der Waals surface area (Å²) in [6, 6.07) is 11.3. The molecule has 2 aromatic carbocycles. The highest BCUT2D eigenvalue weighted by Gasteiger charge is 2.30. The predicted molar refractivity (Wildman–Crippen MR) is 139 cm³/mol. The molecule has 0 spiro atoms. The van der Waals surface area contributed by atoms with E-state index in [0.29, 0.717) is 12.3 Å². The molecule has 35 heavy (non-hydrogen) atoms. The normalized spacial score (nSPS) is 12.2. The van der Waals surface area contributed by atoms with E-state index in [9.17, 15) is 18.0 Å². The number of aryl methyl sites for hydroxylation is 1. The zero-order valence-electron chi connectivity index (χ0n) is 21.0. The number of hydrogen-bond acceptors (Lipinski definition) is 5. The number of anilines is 1. The monoisotopic (exact) mass is 523 g/mol. The van der Waals surface area contributed by atoms with Crippen LogP contribution in [0, 0.1) is 12.8 Å². The van der Waals surface area contributed by atoms with Crippen molar-refractivity contribution in [3.8, 4) is 5.75 Å². The standard InChI is InChI=1S/C25H34ClN3O5S/c1-17(2)14-27-25(31)19(4)28(15-20-9-7-8-18(3)12-20)24(30)16-29(35(6,32)33)21-10-11-23(34-5)22(26)13-21/h7-13,17,19H,14-16H2,1-6H3,(H,27,31)/t19-/m1/s1. The van der Waals surface area contributed by atoms with E-state index < -0.39 is 28.5 Å². The Bertz CT molecular complexity index is 1150. The van der Waals surface area contributed by atoms with Crippen LogP contribution in [-0.2, 0) is 26.2 Å². The second kappa shape index (κ2) is 12.3. The maximum Gasteiger partial charge on any atom is 0.244 e. The summed E-state index contributed by atoms with van der Waals surface area (Å²) in [6.45, 7) is 7.66. The number of carbonyl (C=O) groups is 2. The van der Waals surface area contributed by atoms with Gasteiger partial charge in [0, 0.05) is 13.1 Å². The highest BCUT2D eigenvalue weighted by atomic mass is 35.5. The number of benzene rings is 2. The number of ether oxygens (including phenoxy) is 1. The number of amides is 2. The summed E-state index contributed by atoms with van der Waals surface area (Å²) < 4.78 is 31.4. The molecule has 0 aliphatic carbocycles. The molecule has 0 unspecified atom stereocenters. The van der Waals surface area contributed by atoms with Crippen molar-refractivity contribution in [1.82, 2.24) is 10.2 Å². The lowest BCUT2D eigenvalue weighted by Crippen LogP contribution is -2.51. The van der Waals surface area contributed by atoms with Gasteiger partial charge in [-0.15, -0.1) is 0 Å². The largest absolute Gasteiger partial charge is 0.495 e. The van der Waals surface area contributed by atoms with Crippen molar-refractivity contribution in [2.75, 3.05) is 30.8 Å². The average molecular weight is 524 g/mol. The molecule has 0 saturated carbocycles. The van der Waals surface area contributed by atoms with Gasteiger partial charge in [-0.05, 0) is 43.5 Å². The number of nitrogens with one attached hydrogen (secondary N) is 1. The van der Waals surface area contributed by atoms with Gasteiger partial charge in [0.1, 0.15) is 18.3 Å². The molecule has 0 bridgehead atoms. The molecule has 0 aromatic heterocycles. The van der Waals surface area contributed by atoms with Gasteiger partial charge in [-0.3, -0.25) is 13.9 Å². The predicted octanol–water partition coefficient (Wildman–Crippen LogP) is 3.61. The number of methoxy groups -OCH3 is 1. The molecule has 2 aromatic rings. The minimum Gasteiger partial charge on any atom is -0.495 e. The van der Waals surface area contributed by atoms with Crippen molar-refractivity contribution >= 4 is 39.1 Å². The molecular weight excluding hydrogens is 490 g/mol. The lowest BCUT2D eigenvalue weighted by molar-refractivity contribution is -0.139. The van der Waals surface area contributed by atoms with Crippen molar-refractivity contribution in [2.24, 2.45) is 5.92 Å². The number of rotatable bonds is 11. The van der Waals surface area contributed by atoms with Crippen LogP contribution >= 0.6 is 11.6 Å². The topological polar surface area (TPSA) is 96.0 Å². The van der Waals surface area contributed by atoms with Crippen LogP contribution < -0.4 is 14.4 Å². The van der Waals surface area contributed by atoms with Gasteiger partial charge >= 0.3 is 0 Å². The Kier molecular flexibility index (Phi) is 9.97. The van der Waals surface area contributed by atoms with Crippen molar-refractivity contribution in [2.45, 2.75) is 40.3 Å². The molecule has 0 saturated heterocycles. The second-order valence-electron chi connectivity index (χ2n) is 8.91. The number of carbonyl (C=O) groups excluding carboxylic acids is 2. The zero-order chi connectivity index (χ0) is 26.3. The van der Waals surface area contributed by atoms with Crippen molar-refractivity contribution in [3.63, 3.8) is 0 Å². The van der Waals surface area contributed by atoms with Crippen LogP contribution in [0.1, 0.15) is 31.9 Å². The summed E-state index contributed by atoms with van der Waals surface area (Å²) in [5, 5.41) is 3.07. The van der Waals surface area contributed by atoms with Gasteiger partial charge in [0.2, 0.25) is 21.8 Å². The van der Waals surface area contributed by atoms with E-state index in [0.717, 1.165) is 21.7 Å². The van der Waals surface area contributed by atoms with Crippen molar-refractivity contribution < 1.29 is 22.7 Å². The highest BCUT2D eigenvalue weighted by Crippen LogP contribution is 2.30. The Labute approximate surface area is 213 Å². The number of hydrogen-bond donors (Lipinski definition) is 1. The third-order valence-electron chi connectivity index (χ3n) is 5.39. The van der Waals surface area contributed by atoms with Crippen LogP contribution in [0.25, 0.3) is 0 Å². The lowest BCUT2D eigenvalue weighted by atomic mass is 10.1. The zero-order valence-corrected chi connectivity index (χ0v) is 22.6. The van der Waals surface area contributed by atoms with Crippen LogP contribution in [0.4, 0.5) is 5.69 Å². The van der Waals surface area contributed by atoms with E-state index in [1.165, 1.54) is 30.2 Å². The van der Waals surface area contributed by atoms with Crippen molar-refractivity contribution in [3.05, 3.63) is 58.6 Å². The Morgan fingerprint density at radius 2 is 1.80 bits per heavy atom. The smallest absolute Gasteiger partial charge is 0.244 e. The van der Waals surface area contributed by atoms with Gasteiger partial charge in [0.15, 0.2) is 0 Å². The molecule has 10 heteroatoms. The Hall–Kier alpha value is -2.78. The molecule has 2 amide bonds. The SMILES string of the molecule is COc1ccc(N(CC(=O)N(Cc2cccc(C)c2)[C@H](C)C(=O)NCC(C)C)S(C)(=O)=O)cc1Cl. The molecule has 2 rings (SSSR count). The van der Waals surface area contributed by atoms with E-state index >= 15 is 0 Å². The highest BCUT2D eigenvalue weighted by molar-refractivity contribution is 7.92. The molecule has 8 nitrogen and oxygen atoms in total. The fourth-order valence-electron chi connectivity index (χ4n) is 3.47. The van der Waals surface area contributed by atoms with Gasteiger partial charge in [0.25, 0.3) is 0 Å². The van der Waals surface area contributed by atoms with E-state index in [-0.39, 0.29) is 29.1 Å². The Morgan fingerprint density at radius 1 is 1.11 bits per heavy atom. The first-order valence-corrected chi connectivity index (χ1v) is 13.5. The second-order valence-corrected chi connectivity index (χ2v) is 11.2. The summed E-state index contributed by atoms with van der Waals surface area (Å²) in [4.78, 5) is 27.8. The Morgan fingerprint density at radius 3 is 2.34 bits per heavy atom. The molecule has 0 aliphatic rings. The summed E-state index contributed by atoms with van der Waals surface area (Å²) in [5.41, 5.74) is 2.07. The van der Waals surface area contributed by atoms with Crippen LogP contribution in [-0.4, -0.2) is 57.6 Å². The number of halogens is 1. The molecule has 192 valence electrons. The molecule has 1 atom stereocenters. The van der Waals surface area contributed by atoms with Gasteiger partial charge in [0.05, 0.1) is 24.1 Å². The molecule has 1 N–H and O–H groups in total. The van der Waals surface area contributed by atoms with Gasteiger partial charge < -0.3 is 15.0 Å². The first-order valence-electron chi connectivity index (χ1n) is 11.3. The van der Waals surface area contributed by atoms with Gasteiger partial charge in [-0.1, -0.05) is 55.3 Å². The fourth-order valence-corrected chi connectivity index (χ4v) is 4.56. The molecule has 0 fully saturated rings. The quantitative estimate of drug-likeness (QED) is 0.485. The molecular formula is C25H34ClN3O5S. The Balaban J connectivity index is 2.39. The van der Waals surface area contributed by atoms with E-state index in [2.05, 4.69) is 5.32 Å². The minimum atomic E-state index is -3.84. The minimum absolute atomic E-state index is 0.151. The van der Waals surface area contributed by atoms with Crippen LogP contribution in [0.3, 0.4) is 0 Å². The summed E-state index contributed by atoms with van der Waals surface area (Å²) in [6.07, 6.45) is 1.02. The third kappa shape index (κ3) is 8.14. The van der Waals surface area contributed by atoms with E-state index in [1.807, 2.05) is 45.0 Å². The number of nitrogens with zero attached hydrogens (tertiary/aromatic N) is 2. The molecule has 0 radical (unpaired) electrons. The lowest BCUT2D eigenvalue weighted by Gasteiger charge is -2.31. The summed E-state index contributed by atoms with van der Waals surface area (Å²) >= 11 is 6.20. The first-order chi connectivity index (χ1) is 16.3. The molecule has 0 heterocycles. The summed E-state index contributed by atoms with van der Waals surface area (Å²) in [7, 11) is -2.39. The van der Waals surface area contributed by atoms with E-state index in [1.54, 1.807) is 6.92 Å². The molecule has 0 aliphatic heterocycles. The van der Waals surface area contributed by atoms with Crippen LogP contribution in [0.5, 0.6) is 5.75 Å². The van der Waals surface area contributed by atoms with Gasteiger partial charge in [-0.25, -0.2) is 8.42 Å². The summed E-state index contributed by atoms with van der Waals surface area (Å²) in [5.74, 6) is -0.200. The maximum atomic E-state index is 13.5. The van der Waals surface area contributed by atoms with Gasteiger partial charge in [-0.2, -0.15) is 0 Å². The maximum absolute atomic E-state index is 13.5. The third-order valence-corrected chi connectivity index (χ3v) is 6.83. The van der Waals surface area contributed by atoms with E-state index in [4.69, 9.17) is 16.3 Å². The number of sulfonamides is 1. The van der Waals surface area contributed by atoms with Crippen molar-refractivity contribution in [1.29, 1.82) is 0 Å². The van der Waals surface area contributed by atoms with Crippen LogP contribution in [0.2, 0.25) is 5.02 Å². The fraction of sp³-hybridized carbons (Fsp3) is 0.440.